The molecule has 0 aromatic heterocycles. The molecule has 1 unspecified atom stereocenters. The number of allylic oxidation sites excluding steroid dienone is 2. The Morgan fingerprint density at radius 1 is 0.659 bits per heavy atom. The highest BCUT2D eigenvalue weighted by atomic mass is 16.6. The van der Waals surface area contributed by atoms with Gasteiger partial charge in [0.1, 0.15) is 12.1 Å². The van der Waals surface area contributed by atoms with Gasteiger partial charge in [-0.2, -0.15) is 0 Å². The van der Waals surface area contributed by atoms with E-state index in [9.17, 15) is 19.2 Å². The molecule has 0 aliphatic heterocycles. The molecule has 4 N–H and O–H groups in total. The fourth-order valence-electron chi connectivity index (χ4n) is 3.31. The van der Waals surface area contributed by atoms with Crippen LogP contribution >= 0.6 is 0 Å². The lowest BCUT2D eigenvalue weighted by atomic mass is 10.1. The van der Waals surface area contributed by atoms with Crippen LogP contribution in [0, 0.1) is 11.8 Å². The number of hydrogen-bond acceptors (Lipinski definition) is 10. The van der Waals surface area contributed by atoms with Gasteiger partial charge in [-0.1, -0.05) is 52.0 Å². The maximum Gasteiger partial charge on any atom is 0.328 e. The Balaban J connectivity index is 2.00. The minimum absolute atomic E-state index is 0.0893. The van der Waals surface area contributed by atoms with Gasteiger partial charge in [0.15, 0.2) is 34.6 Å². The fourth-order valence-corrected chi connectivity index (χ4v) is 3.31. The SMILES string of the molecule is COc1cc(/C=C/C(=O)CC(=O)/C=C/c2ccc(OC(=O)[C@@H](N)C(C)C)c(OC)c2)ccc1OC(=O)C(N)C(C)C. The molecule has 220 valence electrons. The molecule has 0 radical (unpaired) electrons. The summed E-state index contributed by atoms with van der Waals surface area (Å²) in [7, 11) is 2.85. The number of rotatable bonds is 14. The second kappa shape index (κ2) is 15.5. The maximum absolute atomic E-state index is 12.4. The molecule has 2 aromatic rings. The minimum Gasteiger partial charge on any atom is -0.493 e. The Hall–Kier alpha value is -4.28. The molecule has 0 spiro atoms. The molecular weight excluding hydrogens is 528 g/mol. The minimum atomic E-state index is -0.774. The van der Waals surface area contributed by atoms with Crippen LogP contribution in [0.2, 0.25) is 0 Å². The monoisotopic (exact) mass is 566 g/mol. The average molecular weight is 567 g/mol. The Kier molecular flexibility index (Phi) is 12.4. The van der Waals surface area contributed by atoms with E-state index in [0.29, 0.717) is 22.6 Å². The molecule has 2 atom stereocenters. The smallest absolute Gasteiger partial charge is 0.328 e. The van der Waals surface area contributed by atoms with Gasteiger partial charge in [-0.15, -0.1) is 0 Å². The van der Waals surface area contributed by atoms with Crippen LogP contribution in [0.5, 0.6) is 23.0 Å². The third-order valence-electron chi connectivity index (χ3n) is 6.05. The molecule has 0 aliphatic rings. The summed E-state index contributed by atoms with van der Waals surface area (Å²) >= 11 is 0. The van der Waals surface area contributed by atoms with Crippen molar-refractivity contribution in [3.05, 3.63) is 59.7 Å². The van der Waals surface area contributed by atoms with E-state index in [1.54, 1.807) is 36.4 Å². The first-order valence-electron chi connectivity index (χ1n) is 13.1. The van der Waals surface area contributed by atoms with Gasteiger partial charge in [0.25, 0.3) is 0 Å². The standard InChI is InChI=1S/C31H38N2O8/c1-18(2)28(32)30(36)40-24-13-9-20(15-26(24)38-5)7-11-22(34)17-23(35)12-8-21-10-14-25(27(16-21)39-6)41-31(37)29(33)19(3)4/h7-16,18-19,28-29H,17,32-33H2,1-6H3/b11-7+,12-8+/t28-,29?/m0/s1. The van der Waals surface area contributed by atoms with Gasteiger partial charge < -0.3 is 30.4 Å². The van der Waals surface area contributed by atoms with Gasteiger partial charge in [-0.25, -0.2) is 9.59 Å². The van der Waals surface area contributed by atoms with Crippen LogP contribution in [0.3, 0.4) is 0 Å². The summed E-state index contributed by atoms with van der Waals surface area (Å²) in [6.07, 6.45) is 5.30. The summed E-state index contributed by atoms with van der Waals surface area (Å²) in [4.78, 5) is 49.1. The van der Waals surface area contributed by atoms with E-state index in [1.807, 2.05) is 27.7 Å². The van der Waals surface area contributed by atoms with Crippen LogP contribution < -0.4 is 30.4 Å². The zero-order chi connectivity index (χ0) is 30.7. The number of ketones is 2. The van der Waals surface area contributed by atoms with Crippen LogP contribution in [0.4, 0.5) is 0 Å². The number of carbonyl (C=O) groups excluding carboxylic acids is 4. The van der Waals surface area contributed by atoms with Gasteiger partial charge in [0.2, 0.25) is 0 Å². The van der Waals surface area contributed by atoms with Crippen LogP contribution in [0.15, 0.2) is 48.6 Å². The van der Waals surface area contributed by atoms with Gasteiger partial charge in [0, 0.05) is 0 Å². The molecule has 41 heavy (non-hydrogen) atoms. The zero-order valence-electron chi connectivity index (χ0n) is 24.2. The fraction of sp³-hybridized carbons (Fsp3) is 0.355. The predicted molar refractivity (Wildman–Crippen MR) is 156 cm³/mol. The number of esters is 2. The van der Waals surface area contributed by atoms with Crippen LogP contribution in [0.1, 0.15) is 45.2 Å². The van der Waals surface area contributed by atoms with Crippen molar-refractivity contribution in [2.45, 2.75) is 46.2 Å². The Morgan fingerprint density at radius 2 is 1.02 bits per heavy atom. The van der Waals surface area contributed by atoms with Gasteiger partial charge >= 0.3 is 11.9 Å². The summed E-state index contributed by atoms with van der Waals surface area (Å²) in [5, 5.41) is 0. The van der Waals surface area contributed by atoms with E-state index >= 15 is 0 Å². The van der Waals surface area contributed by atoms with Crippen molar-refractivity contribution in [3.8, 4) is 23.0 Å². The van der Waals surface area contributed by atoms with Crippen molar-refractivity contribution >= 4 is 35.7 Å². The van der Waals surface area contributed by atoms with Gasteiger partial charge in [0.05, 0.1) is 20.6 Å². The Bertz CT molecular complexity index is 1210. The predicted octanol–water partition coefficient (Wildman–Crippen LogP) is 3.74. The van der Waals surface area contributed by atoms with E-state index < -0.39 is 35.6 Å². The lowest BCUT2D eigenvalue weighted by molar-refractivity contribution is -0.137. The second-order valence-corrected chi connectivity index (χ2v) is 9.98. The topological polar surface area (TPSA) is 157 Å². The third kappa shape index (κ3) is 10.0. The molecule has 0 fully saturated rings. The van der Waals surface area contributed by atoms with E-state index in [-0.39, 0.29) is 29.8 Å². The number of ether oxygens (including phenoxy) is 4. The summed E-state index contributed by atoms with van der Waals surface area (Å²) in [5.74, 6) is -1.14. The number of nitrogens with two attached hydrogens (primary N) is 2. The third-order valence-corrected chi connectivity index (χ3v) is 6.05. The van der Waals surface area contributed by atoms with Gasteiger partial charge in [-0.05, 0) is 59.4 Å². The van der Waals surface area contributed by atoms with Crippen LogP contribution in [-0.4, -0.2) is 49.8 Å². The van der Waals surface area contributed by atoms with Gasteiger partial charge in [-0.3, -0.25) is 9.59 Å². The highest BCUT2D eigenvalue weighted by molar-refractivity contribution is 6.10. The van der Waals surface area contributed by atoms with Crippen molar-refractivity contribution in [1.82, 2.24) is 0 Å². The molecule has 0 aliphatic carbocycles. The van der Waals surface area contributed by atoms with E-state index in [2.05, 4.69) is 0 Å². The molecule has 0 saturated carbocycles. The van der Waals surface area contributed by atoms with Crippen molar-refractivity contribution < 1.29 is 38.1 Å². The first kappa shape index (κ1) is 32.9. The lowest BCUT2D eigenvalue weighted by Crippen LogP contribution is -2.38. The molecule has 10 nitrogen and oxygen atoms in total. The molecule has 0 bridgehead atoms. The second-order valence-electron chi connectivity index (χ2n) is 9.98. The van der Waals surface area contributed by atoms with E-state index in [0.717, 1.165) is 0 Å². The highest BCUT2D eigenvalue weighted by Crippen LogP contribution is 2.30. The van der Waals surface area contributed by atoms with E-state index in [1.165, 1.54) is 38.5 Å². The molecule has 0 amide bonds. The molecule has 10 heteroatoms. The lowest BCUT2D eigenvalue weighted by Gasteiger charge is -2.16. The number of hydrogen-bond donors (Lipinski definition) is 2. The molecular formula is C31H38N2O8. The number of methoxy groups -OCH3 is 2. The van der Waals surface area contributed by atoms with Crippen molar-refractivity contribution in [2.75, 3.05) is 14.2 Å². The van der Waals surface area contributed by atoms with Crippen molar-refractivity contribution in [3.63, 3.8) is 0 Å². The van der Waals surface area contributed by atoms with Crippen LogP contribution in [0.25, 0.3) is 12.2 Å². The molecule has 0 heterocycles. The number of carbonyl (C=O) groups is 4. The molecule has 0 saturated heterocycles. The first-order valence-corrected chi connectivity index (χ1v) is 13.1. The first-order chi connectivity index (χ1) is 19.4. The molecule has 2 aromatic carbocycles. The summed E-state index contributed by atoms with van der Waals surface area (Å²) in [6, 6.07) is 8.01. The highest BCUT2D eigenvalue weighted by Gasteiger charge is 2.22. The van der Waals surface area contributed by atoms with Crippen molar-refractivity contribution in [2.24, 2.45) is 23.3 Å². The largest absolute Gasteiger partial charge is 0.493 e. The Morgan fingerprint density at radius 3 is 1.34 bits per heavy atom. The quantitative estimate of drug-likeness (QED) is 0.149. The normalized spacial score (nSPS) is 12.9. The van der Waals surface area contributed by atoms with E-state index in [4.69, 9.17) is 30.4 Å². The number of benzene rings is 2. The summed E-state index contributed by atoms with van der Waals surface area (Å²) < 4.78 is 21.3. The molecule has 2 rings (SSSR count). The van der Waals surface area contributed by atoms with Crippen LogP contribution in [-0.2, 0) is 19.2 Å². The van der Waals surface area contributed by atoms with Crippen molar-refractivity contribution in [1.29, 1.82) is 0 Å². The maximum atomic E-state index is 12.4. The zero-order valence-corrected chi connectivity index (χ0v) is 24.2. The Labute approximate surface area is 240 Å². The summed E-state index contributed by atoms with van der Waals surface area (Å²) in [5.41, 5.74) is 12.9. The summed E-state index contributed by atoms with van der Waals surface area (Å²) in [6.45, 7) is 7.26. The average Bonchev–Trinajstić information content (AvgIpc) is 2.94.